The molecule has 14 heavy (non-hydrogen) atoms. The summed E-state index contributed by atoms with van der Waals surface area (Å²) in [5.41, 5.74) is 1.59. The number of hydrogen-bond acceptors (Lipinski definition) is 1. The summed E-state index contributed by atoms with van der Waals surface area (Å²) in [5.74, 6) is 0.617. The molecule has 0 amide bonds. The zero-order valence-corrected chi connectivity index (χ0v) is 10.5. The van der Waals surface area contributed by atoms with E-state index in [-0.39, 0.29) is 0 Å². The quantitative estimate of drug-likeness (QED) is 0.606. The van der Waals surface area contributed by atoms with E-state index in [1.54, 1.807) is 12.1 Å². The minimum atomic E-state index is -0.426. The minimum absolute atomic E-state index is 0.426. The summed E-state index contributed by atoms with van der Waals surface area (Å²) in [6.07, 6.45) is 1.74. The van der Waals surface area contributed by atoms with E-state index in [4.69, 9.17) is 23.2 Å². The van der Waals surface area contributed by atoms with Gasteiger partial charge in [-0.15, -0.1) is 11.6 Å². The Hall–Kier alpha value is -0.0500. The van der Waals surface area contributed by atoms with Crippen LogP contribution >= 0.6 is 39.1 Å². The second kappa shape index (κ2) is 5.74. The van der Waals surface area contributed by atoms with Crippen LogP contribution in [-0.2, 0) is 6.42 Å². The Morgan fingerprint density at radius 3 is 2.71 bits per heavy atom. The van der Waals surface area contributed by atoms with E-state index in [2.05, 4.69) is 15.9 Å². The van der Waals surface area contributed by atoms with Crippen molar-refractivity contribution < 1.29 is 4.79 Å². The van der Waals surface area contributed by atoms with Crippen LogP contribution in [-0.4, -0.2) is 11.1 Å². The Balaban J connectivity index is 2.90. The molecule has 0 N–H and O–H groups in total. The molecule has 0 unspecified atom stereocenters. The van der Waals surface area contributed by atoms with Crippen molar-refractivity contribution in [1.82, 2.24) is 0 Å². The molecule has 0 saturated heterocycles. The predicted octanol–water partition coefficient (Wildman–Crippen LogP) is 4.00. The van der Waals surface area contributed by atoms with Crippen molar-refractivity contribution in [2.45, 2.75) is 12.8 Å². The van der Waals surface area contributed by atoms with Crippen molar-refractivity contribution in [3.8, 4) is 0 Å². The fourth-order valence-electron chi connectivity index (χ4n) is 1.15. The van der Waals surface area contributed by atoms with E-state index in [1.807, 2.05) is 6.07 Å². The third-order valence-corrected chi connectivity index (χ3v) is 3.11. The smallest absolute Gasteiger partial charge is 0.252 e. The van der Waals surface area contributed by atoms with Gasteiger partial charge in [-0.2, -0.15) is 0 Å². The average Bonchev–Trinajstić information content (AvgIpc) is 2.16. The summed E-state index contributed by atoms with van der Waals surface area (Å²) in [6, 6.07) is 5.33. The summed E-state index contributed by atoms with van der Waals surface area (Å²) in [4.78, 5) is 10.9. The summed E-state index contributed by atoms with van der Waals surface area (Å²) < 4.78 is 0.990. The van der Waals surface area contributed by atoms with Crippen LogP contribution in [0.2, 0.25) is 0 Å². The van der Waals surface area contributed by atoms with E-state index in [1.165, 1.54) is 0 Å². The van der Waals surface area contributed by atoms with E-state index < -0.39 is 5.24 Å². The first-order valence-electron chi connectivity index (χ1n) is 4.19. The molecule has 76 valence electrons. The van der Waals surface area contributed by atoms with Crippen LogP contribution in [0.5, 0.6) is 0 Å². The molecule has 0 atom stereocenters. The van der Waals surface area contributed by atoms with Crippen molar-refractivity contribution >= 4 is 44.4 Å². The van der Waals surface area contributed by atoms with Crippen LogP contribution in [0.25, 0.3) is 0 Å². The van der Waals surface area contributed by atoms with Gasteiger partial charge in [-0.3, -0.25) is 4.79 Å². The van der Waals surface area contributed by atoms with Crippen molar-refractivity contribution in [3.05, 3.63) is 33.8 Å². The van der Waals surface area contributed by atoms with Crippen LogP contribution in [0.15, 0.2) is 22.7 Å². The van der Waals surface area contributed by atoms with E-state index in [9.17, 15) is 4.79 Å². The Morgan fingerprint density at radius 2 is 2.14 bits per heavy atom. The minimum Gasteiger partial charge on any atom is -0.276 e. The van der Waals surface area contributed by atoms with Gasteiger partial charge in [-0.1, -0.05) is 15.9 Å². The van der Waals surface area contributed by atoms with Crippen molar-refractivity contribution in [1.29, 1.82) is 0 Å². The van der Waals surface area contributed by atoms with Crippen LogP contribution in [0.4, 0.5) is 0 Å². The number of benzene rings is 1. The van der Waals surface area contributed by atoms with Crippen molar-refractivity contribution in [2.24, 2.45) is 0 Å². The van der Waals surface area contributed by atoms with Gasteiger partial charge in [0.1, 0.15) is 0 Å². The highest BCUT2D eigenvalue weighted by molar-refractivity contribution is 9.10. The molecule has 0 radical (unpaired) electrons. The lowest BCUT2D eigenvalue weighted by Crippen LogP contribution is -1.94. The van der Waals surface area contributed by atoms with Crippen molar-refractivity contribution in [2.75, 3.05) is 5.88 Å². The molecule has 0 aliphatic rings. The third-order valence-electron chi connectivity index (χ3n) is 1.85. The number of carbonyl (C=O) groups excluding carboxylic acids is 1. The molecular formula is C10H9BrCl2O. The molecule has 1 aromatic carbocycles. The first-order chi connectivity index (χ1) is 6.65. The lowest BCUT2D eigenvalue weighted by Gasteiger charge is -2.04. The lowest BCUT2D eigenvalue weighted by molar-refractivity contribution is 0.108. The summed E-state index contributed by atoms with van der Waals surface area (Å²) in [6.45, 7) is 0. The van der Waals surface area contributed by atoms with Gasteiger partial charge < -0.3 is 0 Å². The van der Waals surface area contributed by atoms with Crippen molar-refractivity contribution in [3.63, 3.8) is 0 Å². The molecule has 0 heterocycles. The van der Waals surface area contributed by atoms with Crippen LogP contribution < -0.4 is 0 Å². The van der Waals surface area contributed by atoms with Crippen LogP contribution in [0.3, 0.4) is 0 Å². The van der Waals surface area contributed by atoms with Gasteiger partial charge in [0.25, 0.3) is 5.24 Å². The van der Waals surface area contributed by atoms with Gasteiger partial charge in [0.05, 0.1) is 0 Å². The molecule has 0 bridgehead atoms. The van der Waals surface area contributed by atoms with E-state index in [0.717, 1.165) is 22.9 Å². The Bertz CT molecular complexity index is 339. The summed E-state index contributed by atoms with van der Waals surface area (Å²) >= 11 is 14.4. The highest BCUT2D eigenvalue weighted by Gasteiger charge is 2.05. The molecule has 0 saturated carbocycles. The molecule has 1 nitrogen and oxygen atoms in total. The second-order valence-corrected chi connectivity index (χ2v) is 4.45. The summed E-state index contributed by atoms with van der Waals surface area (Å²) in [7, 11) is 0. The molecular weight excluding hydrogens is 287 g/mol. The number of aryl methyl sites for hydroxylation is 1. The third kappa shape index (κ3) is 3.26. The van der Waals surface area contributed by atoms with Gasteiger partial charge >= 0.3 is 0 Å². The first kappa shape index (κ1) is 12.0. The number of hydrogen-bond donors (Lipinski definition) is 0. The van der Waals surface area contributed by atoms with Crippen LogP contribution in [0.1, 0.15) is 22.3 Å². The fraction of sp³-hybridized carbons (Fsp3) is 0.300. The number of carbonyl (C=O) groups is 1. The maximum Gasteiger partial charge on any atom is 0.252 e. The largest absolute Gasteiger partial charge is 0.276 e. The molecule has 0 aliphatic heterocycles. The maximum atomic E-state index is 10.9. The van der Waals surface area contributed by atoms with Gasteiger partial charge in [-0.25, -0.2) is 0 Å². The lowest BCUT2D eigenvalue weighted by atomic mass is 10.1. The van der Waals surface area contributed by atoms with Gasteiger partial charge in [0.15, 0.2) is 0 Å². The van der Waals surface area contributed by atoms with Gasteiger partial charge in [-0.05, 0) is 48.2 Å². The topological polar surface area (TPSA) is 17.1 Å². The SMILES string of the molecule is O=C(Cl)c1ccc(Br)c(CCCCl)c1. The molecule has 0 fully saturated rings. The van der Waals surface area contributed by atoms with Gasteiger partial charge in [0.2, 0.25) is 0 Å². The standard InChI is InChI=1S/C10H9BrCl2O/c11-9-4-3-8(10(13)14)6-7(9)2-1-5-12/h3-4,6H,1-2,5H2. The second-order valence-electron chi connectivity index (χ2n) is 2.87. The Kier molecular flexibility index (Phi) is 4.93. The van der Waals surface area contributed by atoms with Crippen LogP contribution in [0, 0.1) is 0 Å². The zero-order chi connectivity index (χ0) is 10.6. The molecule has 4 heteroatoms. The van der Waals surface area contributed by atoms with Gasteiger partial charge in [0, 0.05) is 15.9 Å². The zero-order valence-electron chi connectivity index (χ0n) is 7.40. The van der Waals surface area contributed by atoms with E-state index in [0.29, 0.717) is 11.4 Å². The monoisotopic (exact) mass is 294 g/mol. The average molecular weight is 296 g/mol. The normalized spacial score (nSPS) is 10.2. The molecule has 1 aromatic rings. The predicted molar refractivity (Wildman–Crippen MR) is 63.4 cm³/mol. The Labute approximate surface area is 102 Å². The number of alkyl halides is 1. The Morgan fingerprint density at radius 1 is 1.43 bits per heavy atom. The number of halogens is 3. The molecule has 0 spiro atoms. The first-order valence-corrected chi connectivity index (χ1v) is 5.90. The summed E-state index contributed by atoms with van der Waals surface area (Å²) in [5, 5.41) is -0.426. The number of rotatable bonds is 4. The maximum absolute atomic E-state index is 10.9. The fourth-order valence-corrected chi connectivity index (χ4v) is 1.84. The molecule has 0 aromatic heterocycles. The highest BCUT2D eigenvalue weighted by Crippen LogP contribution is 2.20. The highest BCUT2D eigenvalue weighted by atomic mass is 79.9. The van der Waals surface area contributed by atoms with E-state index >= 15 is 0 Å². The molecule has 0 aliphatic carbocycles. The molecule has 1 rings (SSSR count).